The van der Waals surface area contributed by atoms with Crippen LogP contribution in [0.1, 0.15) is 18.1 Å². The molecule has 4 nitrogen and oxygen atoms in total. The maximum atomic E-state index is 4.64. The topological polar surface area (TPSA) is 41.4 Å². The van der Waals surface area contributed by atoms with Crippen LogP contribution >= 0.6 is 0 Å². The highest BCUT2D eigenvalue weighted by molar-refractivity contribution is 5.79. The maximum Gasteiger partial charge on any atom is 0.191 e. The molecule has 2 rings (SSSR count). The van der Waals surface area contributed by atoms with Crippen molar-refractivity contribution in [2.24, 2.45) is 4.99 Å². The zero-order chi connectivity index (χ0) is 15.6. The average molecular weight is 298 g/mol. The summed E-state index contributed by atoms with van der Waals surface area (Å²) >= 11 is 0. The molecule has 0 saturated carbocycles. The van der Waals surface area contributed by atoms with E-state index in [4.69, 9.17) is 0 Å². The Morgan fingerprint density at radius 1 is 1.14 bits per heavy atom. The van der Waals surface area contributed by atoms with Crippen LogP contribution in [-0.4, -0.2) is 30.2 Å². The van der Waals surface area contributed by atoms with Gasteiger partial charge in [-0.15, -0.1) is 0 Å². The number of nitrogens with one attached hydrogen (secondary N) is 2. The lowest BCUT2D eigenvalue weighted by molar-refractivity contribution is 0.665. The van der Waals surface area contributed by atoms with Crippen molar-refractivity contribution in [3.63, 3.8) is 0 Å². The Morgan fingerprint density at radius 3 is 2.68 bits per heavy atom. The molecule has 22 heavy (non-hydrogen) atoms. The van der Waals surface area contributed by atoms with Crippen LogP contribution in [0.2, 0.25) is 0 Å². The minimum Gasteiger partial charge on any atom is -0.357 e. The van der Waals surface area contributed by atoms with Gasteiger partial charge in [0.15, 0.2) is 5.96 Å². The third kappa shape index (κ3) is 5.64. The van der Waals surface area contributed by atoms with Crippen LogP contribution < -0.4 is 10.6 Å². The van der Waals surface area contributed by atoms with E-state index in [0.717, 1.165) is 38.6 Å². The van der Waals surface area contributed by atoms with Gasteiger partial charge in [-0.1, -0.05) is 29.8 Å². The fourth-order valence-corrected chi connectivity index (χ4v) is 2.33. The van der Waals surface area contributed by atoms with Crippen LogP contribution in [0, 0.1) is 6.92 Å². The molecular weight excluding hydrogens is 272 g/mol. The van der Waals surface area contributed by atoms with Crippen molar-refractivity contribution >= 4 is 5.96 Å². The van der Waals surface area contributed by atoms with Gasteiger partial charge in [0.1, 0.15) is 0 Å². The first kappa shape index (κ1) is 16.1. The highest BCUT2D eigenvalue weighted by atomic mass is 15.2. The molecule has 4 heteroatoms. The van der Waals surface area contributed by atoms with E-state index >= 15 is 0 Å². The Morgan fingerprint density at radius 2 is 1.95 bits per heavy atom. The number of guanidine groups is 1. The molecule has 2 N–H and O–H groups in total. The highest BCUT2D eigenvalue weighted by Gasteiger charge is 1.98. The second kappa shape index (κ2) is 8.93. The summed E-state index contributed by atoms with van der Waals surface area (Å²) in [7, 11) is 0. The summed E-state index contributed by atoms with van der Waals surface area (Å²) in [5.74, 6) is 0.891. The molecule has 0 aliphatic heterocycles. The number of aliphatic imine (C=N–C) groups is 1. The summed E-state index contributed by atoms with van der Waals surface area (Å²) < 4.78 is 2.16. The normalized spacial score (nSPS) is 11.5. The molecule has 0 fully saturated rings. The number of hydrogen-bond donors (Lipinski definition) is 2. The summed E-state index contributed by atoms with van der Waals surface area (Å²) in [4.78, 5) is 4.64. The van der Waals surface area contributed by atoms with Crippen molar-refractivity contribution in [2.45, 2.75) is 26.8 Å². The zero-order valence-corrected chi connectivity index (χ0v) is 13.5. The SMILES string of the molecule is CCNC(=NCCc1cccc(C)c1)NCCn1cccc1. The molecule has 0 bridgehead atoms. The van der Waals surface area contributed by atoms with Gasteiger partial charge in [0.2, 0.25) is 0 Å². The second-order valence-electron chi connectivity index (χ2n) is 5.35. The van der Waals surface area contributed by atoms with Crippen molar-refractivity contribution in [1.82, 2.24) is 15.2 Å². The van der Waals surface area contributed by atoms with E-state index in [1.807, 2.05) is 12.1 Å². The van der Waals surface area contributed by atoms with Gasteiger partial charge in [0.05, 0.1) is 0 Å². The molecule has 0 radical (unpaired) electrons. The maximum absolute atomic E-state index is 4.64. The van der Waals surface area contributed by atoms with Crippen molar-refractivity contribution in [3.05, 3.63) is 59.9 Å². The highest BCUT2D eigenvalue weighted by Crippen LogP contribution is 2.04. The molecule has 1 heterocycles. The van der Waals surface area contributed by atoms with Gasteiger partial charge in [0.25, 0.3) is 0 Å². The Kier molecular flexibility index (Phi) is 6.55. The van der Waals surface area contributed by atoms with Crippen LogP contribution in [0.4, 0.5) is 0 Å². The lowest BCUT2D eigenvalue weighted by Gasteiger charge is -2.11. The van der Waals surface area contributed by atoms with Crippen LogP contribution in [0.5, 0.6) is 0 Å². The van der Waals surface area contributed by atoms with Crippen LogP contribution in [0.15, 0.2) is 53.8 Å². The Balaban J connectivity index is 1.78. The van der Waals surface area contributed by atoms with Crippen molar-refractivity contribution in [2.75, 3.05) is 19.6 Å². The minimum absolute atomic E-state index is 0.794. The Bertz CT molecular complexity index is 573. The van der Waals surface area contributed by atoms with Gasteiger partial charge in [-0.3, -0.25) is 4.99 Å². The fourth-order valence-electron chi connectivity index (χ4n) is 2.33. The van der Waals surface area contributed by atoms with Gasteiger partial charge in [-0.2, -0.15) is 0 Å². The zero-order valence-electron chi connectivity index (χ0n) is 13.5. The third-order valence-electron chi connectivity index (χ3n) is 3.43. The standard InChI is InChI=1S/C18H26N4/c1-3-19-18(21-11-14-22-12-4-5-13-22)20-10-9-17-8-6-7-16(2)15-17/h4-8,12-13,15H,3,9-11,14H2,1-2H3,(H2,19,20,21). The summed E-state index contributed by atoms with van der Waals surface area (Å²) in [5.41, 5.74) is 2.64. The molecule has 0 atom stereocenters. The van der Waals surface area contributed by atoms with E-state index in [9.17, 15) is 0 Å². The predicted octanol–water partition coefficient (Wildman–Crippen LogP) is 2.59. The fraction of sp³-hybridized carbons (Fsp3) is 0.389. The Labute approximate surface area is 133 Å². The van der Waals surface area contributed by atoms with Crippen LogP contribution in [0.3, 0.4) is 0 Å². The summed E-state index contributed by atoms with van der Waals surface area (Å²) in [6.07, 6.45) is 5.11. The van der Waals surface area contributed by atoms with E-state index in [0.29, 0.717) is 0 Å². The largest absolute Gasteiger partial charge is 0.357 e. The number of benzene rings is 1. The first-order chi connectivity index (χ1) is 10.8. The molecule has 0 unspecified atom stereocenters. The minimum atomic E-state index is 0.794. The molecule has 0 amide bonds. The monoisotopic (exact) mass is 298 g/mol. The first-order valence-corrected chi connectivity index (χ1v) is 7.96. The van der Waals surface area contributed by atoms with Crippen LogP contribution in [0.25, 0.3) is 0 Å². The smallest absolute Gasteiger partial charge is 0.191 e. The number of hydrogen-bond acceptors (Lipinski definition) is 1. The van der Waals surface area contributed by atoms with Gasteiger partial charge in [-0.05, 0) is 38.0 Å². The third-order valence-corrected chi connectivity index (χ3v) is 3.43. The summed E-state index contributed by atoms with van der Waals surface area (Å²) in [6, 6.07) is 12.7. The Hall–Kier alpha value is -2.23. The second-order valence-corrected chi connectivity index (χ2v) is 5.35. The average Bonchev–Trinajstić information content (AvgIpc) is 3.01. The first-order valence-electron chi connectivity index (χ1n) is 7.96. The number of aryl methyl sites for hydroxylation is 1. The quantitative estimate of drug-likeness (QED) is 0.609. The van der Waals surface area contributed by atoms with E-state index in [1.54, 1.807) is 0 Å². The van der Waals surface area contributed by atoms with Crippen molar-refractivity contribution < 1.29 is 0 Å². The molecule has 2 aromatic rings. The van der Waals surface area contributed by atoms with Gasteiger partial charge in [0, 0.05) is 38.6 Å². The van der Waals surface area contributed by atoms with Crippen molar-refractivity contribution in [3.8, 4) is 0 Å². The van der Waals surface area contributed by atoms with Crippen molar-refractivity contribution in [1.29, 1.82) is 0 Å². The molecular formula is C18H26N4. The molecule has 0 saturated heterocycles. The lowest BCUT2D eigenvalue weighted by Crippen LogP contribution is -2.39. The van der Waals surface area contributed by atoms with E-state index in [2.05, 4.69) is 70.7 Å². The summed E-state index contributed by atoms with van der Waals surface area (Å²) in [6.45, 7) is 7.69. The number of aromatic nitrogens is 1. The van der Waals surface area contributed by atoms with E-state index < -0.39 is 0 Å². The van der Waals surface area contributed by atoms with E-state index in [1.165, 1.54) is 11.1 Å². The number of nitrogens with zero attached hydrogens (tertiary/aromatic N) is 2. The molecule has 0 spiro atoms. The molecule has 0 aliphatic rings. The molecule has 0 aliphatic carbocycles. The predicted molar refractivity (Wildman–Crippen MR) is 93.3 cm³/mol. The van der Waals surface area contributed by atoms with Gasteiger partial charge < -0.3 is 15.2 Å². The van der Waals surface area contributed by atoms with E-state index in [-0.39, 0.29) is 0 Å². The van der Waals surface area contributed by atoms with Gasteiger partial charge >= 0.3 is 0 Å². The lowest BCUT2D eigenvalue weighted by atomic mass is 10.1. The molecule has 1 aromatic heterocycles. The van der Waals surface area contributed by atoms with Gasteiger partial charge in [-0.25, -0.2) is 0 Å². The molecule has 1 aromatic carbocycles. The molecule has 118 valence electrons. The van der Waals surface area contributed by atoms with Crippen LogP contribution in [-0.2, 0) is 13.0 Å². The number of rotatable bonds is 7. The summed E-state index contributed by atoms with van der Waals surface area (Å²) in [5, 5.41) is 6.66.